The number of amides is 1. The number of hydrogen-bond acceptors (Lipinski definition) is 7. The van der Waals surface area contributed by atoms with Crippen LogP contribution in [0.15, 0.2) is 54.4 Å². The third kappa shape index (κ3) is 3.38. The molecule has 0 saturated heterocycles. The van der Waals surface area contributed by atoms with Gasteiger partial charge in [-0.15, -0.1) is 5.10 Å². The highest BCUT2D eigenvalue weighted by atomic mass is 79.9. The van der Waals surface area contributed by atoms with Crippen molar-refractivity contribution in [3.8, 4) is 22.9 Å². The summed E-state index contributed by atoms with van der Waals surface area (Å²) in [4.78, 5) is 12.7. The van der Waals surface area contributed by atoms with Gasteiger partial charge in [-0.05, 0) is 41.1 Å². The van der Waals surface area contributed by atoms with E-state index in [2.05, 4.69) is 36.6 Å². The Morgan fingerprint density at radius 3 is 2.70 bits per heavy atom. The minimum absolute atomic E-state index is 0.0896. The van der Waals surface area contributed by atoms with Gasteiger partial charge in [0.05, 0.1) is 5.02 Å². The summed E-state index contributed by atoms with van der Waals surface area (Å²) < 4.78 is 16.5. The second-order valence-corrected chi connectivity index (χ2v) is 6.60. The normalized spacial score (nSPS) is 10.9. The highest BCUT2D eigenvalue weighted by molar-refractivity contribution is 9.10. The first-order valence-electron chi connectivity index (χ1n) is 7.64. The first-order chi connectivity index (χ1) is 13.0. The number of benzene rings is 1. The Bertz CT molecular complexity index is 1130. The van der Waals surface area contributed by atoms with E-state index in [1.807, 2.05) is 0 Å². The van der Waals surface area contributed by atoms with Gasteiger partial charge in [0, 0.05) is 5.56 Å². The zero-order valence-corrected chi connectivity index (χ0v) is 16.0. The molecule has 136 valence electrons. The number of aromatic nitrogens is 3. The molecule has 0 atom stereocenters. The highest BCUT2D eigenvalue weighted by Gasteiger charge is 2.24. The zero-order valence-electron chi connectivity index (χ0n) is 13.7. The molecule has 0 aliphatic rings. The van der Waals surface area contributed by atoms with Crippen LogP contribution in [-0.2, 0) is 0 Å². The minimum atomic E-state index is -0.514. The van der Waals surface area contributed by atoms with Crippen molar-refractivity contribution in [3.05, 3.63) is 57.4 Å². The summed E-state index contributed by atoms with van der Waals surface area (Å²) in [6.07, 6.45) is 0. The van der Waals surface area contributed by atoms with Gasteiger partial charge < -0.3 is 13.4 Å². The predicted molar refractivity (Wildman–Crippen MR) is 99.3 cm³/mol. The van der Waals surface area contributed by atoms with Crippen LogP contribution in [0, 0.1) is 6.92 Å². The lowest BCUT2D eigenvalue weighted by atomic mass is 10.1. The molecule has 3 aromatic heterocycles. The van der Waals surface area contributed by atoms with Gasteiger partial charge in [0.1, 0.15) is 17.0 Å². The fourth-order valence-corrected chi connectivity index (χ4v) is 2.97. The van der Waals surface area contributed by atoms with Crippen LogP contribution in [-0.4, -0.2) is 21.3 Å². The Labute approximate surface area is 165 Å². The number of carbonyl (C=O) groups is 1. The standard InChI is InChI=1S/C17H10BrClN4O4/c1-8-13(14(23-27-8)9-4-2-3-5-10(9)19)15(24)20-17-22-21-16(26-17)11-6-7-12(18)25-11/h2-7H,1H3,(H,20,22,24). The van der Waals surface area contributed by atoms with Crippen molar-refractivity contribution >= 4 is 39.5 Å². The van der Waals surface area contributed by atoms with Gasteiger partial charge in [0.15, 0.2) is 10.4 Å². The van der Waals surface area contributed by atoms with Crippen LogP contribution in [0.3, 0.4) is 0 Å². The molecule has 0 saturated carbocycles. The van der Waals surface area contributed by atoms with Gasteiger partial charge in [-0.2, -0.15) is 0 Å². The molecular weight excluding hydrogens is 440 g/mol. The van der Waals surface area contributed by atoms with Crippen LogP contribution in [0.25, 0.3) is 22.9 Å². The van der Waals surface area contributed by atoms with E-state index in [9.17, 15) is 4.79 Å². The number of furan rings is 1. The number of anilines is 1. The SMILES string of the molecule is Cc1onc(-c2ccccc2Cl)c1C(=O)Nc1nnc(-c2ccc(Br)o2)o1. The van der Waals surface area contributed by atoms with E-state index in [-0.39, 0.29) is 17.5 Å². The molecule has 1 aromatic carbocycles. The van der Waals surface area contributed by atoms with E-state index in [1.54, 1.807) is 43.3 Å². The lowest BCUT2D eigenvalue weighted by Crippen LogP contribution is -2.13. The predicted octanol–water partition coefficient (Wildman–Crippen LogP) is 4.96. The molecule has 0 bridgehead atoms. The maximum absolute atomic E-state index is 12.7. The van der Waals surface area contributed by atoms with Crippen LogP contribution in [0.1, 0.15) is 16.1 Å². The molecule has 4 rings (SSSR count). The third-order valence-corrected chi connectivity index (χ3v) is 4.40. The summed E-state index contributed by atoms with van der Waals surface area (Å²) in [6.45, 7) is 1.63. The molecule has 4 aromatic rings. The van der Waals surface area contributed by atoms with Crippen molar-refractivity contribution < 1.29 is 18.2 Å². The molecular formula is C17H10BrClN4O4. The topological polar surface area (TPSA) is 107 Å². The highest BCUT2D eigenvalue weighted by Crippen LogP contribution is 2.31. The minimum Gasteiger partial charge on any atom is -0.444 e. The van der Waals surface area contributed by atoms with Crippen molar-refractivity contribution in [3.63, 3.8) is 0 Å². The maximum Gasteiger partial charge on any atom is 0.322 e. The van der Waals surface area contributed by atoms with Crippen molar-refractivity contribution in [2.24, 2.45) is 0 Å². The van der Waals surface area contributed by atoms with Crippen LogP contribution in [0.2, 0.25) is 5.02 Å². The summed E-state index contributed by atoms with van der Waals surface area (Å²) in [5.41, 5.74) is 1.13. The Morgan fingerprint density at radius 1 is 1.15 bits per heavy atom. The molecule has 10 heteroatoms. The van der Waals surface area contributed by atoms with E-state index in [0.717, 1.165) is 0 Å². The number of nitrogens with zero attached hydrogens (tertiary/aromatic N) is 3. The zero-order chi connectivity index (χ0) is 19.0. The quantitative estimate of drug-likeness (QED) is 0.469. The van der Waals surface area contributed by atoms with E-state index in [1.165, 1.54) is 0 Å². The van der Waals surface area contributed by atoms with Crippen molar-refractivity contribution in [1.82, 2.24) is 15.4 Å². The summed E-state index contributed by atoms with van der Waals surface area (Å²) in [5.74, 6) is 0.314. The summed E-state index contributed by atoms with van der Waals surface area (Å²) in [6, 6.07) is 10.3. The second kappa shape index (κ2) is 7.01. The maximum atomic E-state index is 12.7. The van der Waals surface area contributed by atoms with Gasteiger partial charge >= 0.3 is 6.01 Å². The molecule has 0 aliphatic heterocycles. The molecule has 0 spiro atoms. The van der Waals surface area contributed by atoms with Crippen LogP contribution in [0.5, 0.6) is 0 Å². The molecule has 1 amide bonds. The Balaban J connectivity index is 1.62. The van der Waals surface area contributed by atoms with Gasteiger partial charge in [0.25, 0.3) is 11.8 Å². The first kappa shape index (κ1) is 17.5. The van der Waals surface area contributed by atoms with E-state index < -0.39 is 5.91 Å². The van der Waals surface area contributed by atoms with Crippen LogP contribution >= 0.6 is 27.5 Å². The molecule has 0 fully saturated rings. The third-order valence-electron chi connectivity index (χ3n) is 3.65. The van der Waals surface area contributed by atoms with E-state index in [0.29, 0.717) is 32.5 Å². The van der Waals surface area contributed by atoms with E-state index in [4.69, 9.17) is 25.0 Å². The average Bonchev–Trinajstić information content (AvgIpc) is 3.35. The van der Waals surface area contributed by atoms with Crippen molar-refractivity contribution in [2.75, 3.05) is 5.32 Å². The number of hydrogen-bond donors (Lipinski definition) is 1. The Morgan fingerprint density at radius 2 is 1.96 bits per heavy atom. The molecule has 0 radical (unpaired) electrons. The summed E-state index contributed by atoms with van der Waals surface area (Å²) in [7, 11) is 0. The Hall–Kier alpha value is -2.91. The van der Waals surface area contributed by atoms with E-state index >= 15 is 0 Å². The van der Waals surface area contributed by atoms with Crippen molar-refractivity contribution in [2.45, 2.75) is 6.92 Å². The van der Waals surface area contributed by atoms with Crippen LogP contribution in [0.4, 0.5) is 6.01 Å². The van der Waals surface area contributed by atoms with Gasteiger partial charge in [-0.1, -0.05) is 40.1 Å². The van der Waals surface area contributed by atoms with Gasteiger partial charge in [0.2, 0.25) is 0 Å². The first-order valence-corrected chi connectivity index (χ1v) is 8.82. The average molecular weight is 450 g/mol. The Kier molecular flexibility index (Phi) is 4.54. The number of carbonyl (C=O) groups excluding carboxylic acids is 1. The summed E-state index contributed by atoms with van der Waals surface area (Å²) in [5, 5.41) is 14.6. The molecule has 8 nitrogen and oxygen atoms in total. The largest absolute Gasteiger partial charge is 0.444 e. The van der Waals surface area contributed by atoms with Crippen molar-refractivity contribution in [1.29, 1.82) is 0 Å². The molecule has 3 heterocycles. The van der Waals surface area contributed by atoms with Crippen LogP contribution < -0.4 is 5.32 Å². The smallest absolute Gasteiger partial charge is 0.322 e. The van der Waals surface area contributed by atoms with Gasteiger partial charge in [-0.3, -0.25) is 10.1 Å². The lowest BCUT2D eigenvalue weighted by molar-refractivity contribution is 0.102. The molecule has 0 unspecified atom stereocenters. The lowest BCUT2D eigenvalue weighted by Gasteiger charge is -2.03. The second-order valence-electron chi connectivity index (χ2n) is 5.41. The summed E-state index contributed by atoms with van der Waals surface area (Å²) >= 11 is 9.40. The molecule has 0 aliphatic carbocycles. The number of aryl methyl sites for hydroxylation is 1. The fourth-order valence-electron chi connectivity index (χ4n) is 2.44. The molecule has 1 N–H and O–H groups in total. The number of nitrogens with one attached hydrogen (secondary N) is 1. The molecule has 27 heavy (non-hydrogen) atoms. The monoisotopic (exact) mass is 448 g/mol. The fraction of sp³-hybridized carbons (Fsp3) is 0.0588. The number of halogens is 2. The van der Waals surface area contributed by atoms with Gasteiger partial charge in [-0.25, -0.2) is 0 Å². The number of rotatable bonds is 4.